The smallest absolute Gasteiger partial charge is 0.353 e. The van der Waals surface area contributed by atoms with Crippen LogP contribution in [0.2, 0.25) is 0 Å². The van der Waals surface area contributed by atoms with Gasteiger partial charge in [-0.25, -0.2) is 4.79 Å². The number of carbonyl (C=O) groups is 1. The zero-order valence-corrected chi connectivity index (χ0v) is 23.0. The summed E-state index contributed by atoms with van der Waals surface area (Å²) in [4.78, 5) is 16.1. The number of thiophene rings is 2. The molecule has 0 aliphatic carbocycles. The molecule has 3 fully saturated rings. The number of quaternary nitrogens is 1. The van der Waals surface area contributed by atoms with Gasteiger partial charge >= 0.3 is 5.97 Å². The van der Waals surface area contributed by atoms with Crippen LogP contribution in [0.3, 0.4) is 0 Å². The van der Waals surface area contributed by atoms with Crippen LogP contribution in [0, 0.1) is 5.92 Å². The highest BCUT2D eigenvalue weighted by atomic mass is 79.9. The summed E-state index contributed by atoms with van der Waals surface area (Å²) in [6.07, 6.45) is 4.24. The van der Waals surface area contributed by atoms with Crippen molar-refractivity contribution in [1.82, 2.24) is 0 Å². The third-order valence-electron chi connectivity index (χ3n) is 7.16. The first-order valence-corrected chi connectivity index (χ1v) is 14.4. The Balaban J connectivity index is 0.00000274. The summed E-state index contributed by atoms with van der Waals surface area (Å²) in [5.41, 5.74) is -1.73. The Hall–Kier alpha value is -1.16. The second-order valence-electron chi connectivity index (χ2n) is 9.11. The molecule has 3 aliphatic rings. The van der Waals surface area contributed by atoms with E-state index in [2.05, 4.69) is 24.3 Å². The Morgan fingerprint density at radius 1 is 1.03 bits per heavy atom. The number of esters is 1. The lowest BCUT2D eigenvalue weighted by atomic mass is 9.84. The van der Waals surface area contributed by atoms with Gasteiger partial charge in [-0.1, -0.05) is 30.3 Å². The van der Waals surface area contributed by atoms with Gasteiger partial charge in [-0.2, -0.15) is 0 Å². The number of rotatable bonds is 9. The number of halogens is 1. The minimum atomic E-state index is -1.73. The molecule has 182 valence electrons. The maximum atomic E-state index is 13.6. The minimum absolute atomic E-state index is 0. The number of fused-ring (bicyclic) bond motifs is 3. The Morgan fingerprint density at radius 2 is 1.68 bits per heavy atom. The molecule has 4 nitrogen and oxygen atoms in total. The summed E-state index contributed by atoms with van der Waals surface area (Å²) in [5, 5.41) is 15.5. The molecule has 0 spiro atoms. The molecular weight excluding hydrogens is 550 g/mol. The number of nitrogens with zero attached hydrogens (tertiary/aromatic N) is 1. The van der Waals surface area contributed by atoms with Crippen LogP contribution in [0.15, 0.2) is 70.3 Å². The molecule has 3 aliphatic heterocycles. The maximum Gasteiger partial charge on any atom is 0.353 e. The molecule has 1 aromatic carbocycles. The van der Waals surface area contributed by atoms with Crippen LogP contribution >= 0.6 is 34.4 Å². The van der Waals surface area contributed by atoms with Gasteiger partial charge in [-0.05, 0) is 40.9 Å². The Morgan fingerprint density at radius 3 is 2.26 bits per heavy atom. The molecule has 2 bridgehead atoms. The van der Waals surface area contributed by atoms with Gasteiger partial charge in [-0.15, -0.1) is 34.4 Å². The van der Waals surface area contributed by atoms with E-state index in [0.29, 0.717) is 15.7 Å². The lowest BCUT2D eigenvalue weighted by Crippen LogP contribution is -3.00. The number of benzene rings is 1. The molecule has 3 saturated heterocycles. The quantitative estimate of drug-likeness (QED) is 0.183. The van der Waals surface area contributed by atoms with Crippen molar-refractivity contribution in [2.75, 3.05) is 25.4 Å². The van der Waals surface area contributed by atoms with Crippen LogP contribution in [-0.2, 0) is 15.1 Å². The van der Waals surface area contributed by atoms with Crippen LogP contribution in [0.4, 0.5) is 0 Å². The van der Waals surface area contributed by atoms with E-state index in [9.17, 15) is 9.90 Å². The molecular formula is C26H30BrNO3S3. The van der Waals surface area contributed by atoms with Crippen LogP contribution in [0.25, 0.3) is 0 Å². The lowest BCUT2D eigenvalue weighted by molar-refractivity contribution is -0.984. The molecule has 1 N–H and O–H groups in total. The molecule has 8 heteroatoms. The zero-order chi connectivity index (χ0) is 22.7. The highest BCUT2D eigenvalue weighted by Gasteiger charge is 2.52. The fourth-order valence-electron chi connectivity index (χ4n) is 5.28. The van der Waals surface area contributed by atoms with Gasteiger partial charge in [0, 0.05) is 36.3 Å². The highest BCUT2D eigenvalue weighted by Crippen LogP contribution is 2.42. The fraction of sp³-hybridized carbons (Fsp3) is 0.423. The summed E-state index contributed by atoms with van der Waals surface area (Å²) in [6, 6.07) is 17.9. The zero-order valence-electron chi connectivity index (χ0n) is 19.0. The topological polar surface area (TPSA) is 46.5 Å². The normalized spacial score (nSPS) is 23.9. The fourth-order valence-corrected chi connectivity index (χ4v) is 7.85. The average molecular weight is 581 g/mol. The first-order valence-electron chi connectivity index (χ1n) is 11.7. The van der Waals surface area contributed by atoms with E-state index in [0.717, 1.165) is 42.7 Å². The summed E-state index contributed by atoms with van der Waals surface area (Å²) >= 11 is 4.68. The third kappa shape index (κ3) is 5.18. The molecule has 0 saturated carbocycles. The third-order valence-corrected chi connectivity index (χ3v) is 10.2. The van der Waals surface area contributed by atoms with Crippen LogP contribution in [-0.4, -0.2) is 47.2 Å². The van der Waals surface area contributed by atoms with Crippen molar-refractivity contribution in [3.63, 3.8) is 0 Å². The van der Waals surface area contributed by atoms with Gasteiger partial charge in [0.1, 0.15) is 0 Å². The Labute approximate surface area is 224 Å². The van der Waals surface area contributed by atoms with E-state index in [1.54, 1.807) is 0 Å². The van der Waals surface area contributed by atoms with E-state index in [1.807, 2.05) is 52.9 Å². The predicted molar refractivity (Wildman–Crippen MR) is 136 cm³/mol. The van der Waals surface area contributed by atoms with Gasteiger partial charge in [0.2, 0.25) is 11.8 Å². The first kappa shape index (κ1) is 25.9. The van der Waals surface area contributed by atoms with Gasteiger partial charge in [0.05, 0.1) is 29.4 Å². The van der Waals surface area contributed by atoms with Crippen molar-refractivity contribution in [3.8, 4) is 0 Å². The standard InChI is InChI=1S/C26H30NO3S3.BrH/c28-25(26(29,22-9-4-16-32-22)23-10-5-17-33-23)30-24-19-20-11-14-27(24,15-12-20)13-6-18-31-21-7-2-1-3-8-21;/h1-5,7-10,16-17,20,24,29H,6,11-15,18-19H2;1H/q+1;/p-1/t20?,24-,27?;/m1./s1. The number of aliphatic hydroxyl groups is 1. The number of piperidine rings is 3. The number of hydrogen-bond acceptors (Lipinski definition) is 6. The number of carbonyl (C=O) groups excluding carboxylic acids is 1. The average Bonchev–Trinajstić information content (AvgIpc) is 3.58. The van der Waals surface area contributed by atoms with Crippen molar-refractivity contribution < 1.29 is 36.1 Å². The largest absolute Gasteiger partial charge is 1.00 e. The van der Waals surface area contributed by atoms with Crippen molar-refractivity contribution in [2.24, 2.45) is 5.92 Å². The van der Waals surface area contributed by atoms with Gasteiger partial charge in [0.15, 0.2) is 0 Å². The van der Waals surface area contributed by atoms with Crippen molar-refractivity contribution in [2.45, 2.75) is 42.4 Å². The van der Waals surface area contributed by atoms with Crippen molar-refractivity contribution in [1.29, 1.82) is 0 Å². The minimum Gasteiger partial charge on any atom is -1.00 e. The predicted octanol–water partition coefficient (Wildman–Crippen LogP) is 2.73. The molecule has 2 aromatic heterocycles. The number of ether oxygens (including phenoxy) is 1. The van der Waals surface area contributed by atoms with E-state index in [1.165, 1.54) is 40.4 Å². The molecule has 6 rings (SSSR count). The summed E-state index contributed by atoms with van der Waals surface area (Å²) in [7, 11) is 0. The van der Waals surface area contributed by atoms with Gasteiger partial charge < -0.3 is 26.8 Å². The Bertz CT molecular complexity index is 1000. The van der Waals surface area contributed by atoms with Crippen LogP contribution in [0.1, 0.15) is 35.4 Å². The molecule has 0 radical (unpaired) electrons. The van der Waals surface area contributed by atoms with E-state index >= 15 is 0 Å². The van der Waals surface area contributed by atoms with E-state index in [-0.39, 0.29) is 23.2 Å². The van der Waals surface area contributed by atoms with E-state index < -0.39 is 11.6 Å². The molecule has 3 aromatic rings. The van der Waals surface area contributed by atoms with E-state index in [4.69, 9.17) is 4.74 Å². The summed E-state index contributed by atoms with van der Waals surface area (Å²) in [6.45, 7) is 3.14. The molecule has 0 unspecified atom stereocenters. The summed E-state index contributed by atoms with van der Waals surface area (Å²) < 4.78 is 7.10. The number of thioether (sulfide) groups is 1. The second kappa shape index (κ2) is 11.3. The van der Waals surface area contributed by atoms with Crippen molar-refractivity contribution >= 4 is 40.4 Å². The molecule has 34 heavy (non-hydrogen) atoms. The first-order chi connectivity index (χ1) is 16.1. The molecule has 5 heterocycles. The molecule has 1 atom stereocenters. The Kier molecular flexibility index (Phi) is 8.59. The number of hydrogen-bond donors (Lipinski definition) is 1. The van der Waals surface area contributed by atoms with Gasteiger partial charge in [-0.3, -0.25) is 4.48 Å². The molecule has 0 amide bonds. The van der Waals surface area contributed by atoms with Crippen molar-refractivity contribution in [3.05, 3.63) is 75.1 Å². The monoisotopic (exact) mass is 579 g/mol. The summed E-state index contributed by atoms with van der Waals surface area (Å²) in [5.74, 6) is 1.15. The van der Waals surface area contributed by atoms with Crippen LogP contribution in [0.5, 0.6) is 0 Å². The maximum absolute atomic E-state index is 13.6. The lowest BCUT2D eigenvalue weighted by Gasteiger charge is -2.53. The van der Waals surface area contributed by atoms with Crippen LogP contribution < -0.4 is 17.0 Å². The highest BCUT2D eigenvalue weighted by molar-refractivity contribution is 7.99. The van der Waals surface area contributed by atoms with Gasteiger partial charge in [0.25, 0.3) is 0 Å². The SMILES string of the molecule is O=C(O[C@@H]1CC2CC[N+]1(CCCSc1ccccc1)CC2)C(O)(c1cccs1)c1cccs1.[Br-]. The second-order valence-corrected chi connectivity index (χ2v) is 12.2.